The van der Waals surface area contributed by atoms with Crippen molar-refractivity contribution < 1.29 is 13.9 Å². The van der Waals surface area contributed by atoms with Crippen LogP contribution in [-0.2, 0) is 9.53 Å². The fourth-order valence-corrected chi connectivity index (χ4v) is 1.47. The Bertz CT molecular complexity index is 385. The first-order valence-electron chi connectivity index (χ1n) is 6.56. The smallest absolute Gasteiger partial charge is 0.238 e. The lowest BCUT2D eigenvalue weighted by Crippen LogP contribution is -2.30. The van der Waals surface area contributed by atoms with Crippen LogP contribution in [0.1, 0.15) is 19.8 Å². The lowest BCUT2D eigenvalue weighted by atomic mass is 10.3. The highest BCUT2D eigenvalue weighted by Crippen LogP contribution is 2.08. The minimum atomic E-state index is -0.366. The molecule has 0 heterocycles. The molecule has 0 saturated heterocycles. The number of nitrogens with one attached hydrogen (secondary N) is 2. The van der Waals surface area contributed by atoms with E-state index in [1.807, 2.05) is 0 Å². The van der Waals surface area contributed by atoms with Gasteiger partial charge in [0.15, 0.2) is 0 Å². The molecule has 1 aromatic carbocycles. The lowest BCUT2D eigenvalue weighted by molar-refractivity contribution is -0.115. The number of anilines is 1. The van der Waals surface area contributed by atoms with E-state index in [1.54, 1.807) is 12.1 Å². The highest BCUT2D eigenvalue weighted by atomic mass is 19.1. The molecule has 0 spiro atoms. The quantitative estimate of drug-likeness (QED) is 0.675. The summed E-state index contributed by atoms with van der Waals surface area (Å²) < 4.78 is 18.2. The molecule has 0 atom stereocenters. The Morgan fingerprint density at radius 2 is 2.21 bits per heavy atom. The Labute approximate surface area is 113 Å². The fourth-order valence-electron chi connectivity index (χ4n) is 1.47. The Balaban J connectivity index is 2.08. The van der Waals surface area contributed by atoms with E-state index in [0.717, 1.165) is 19.4 Å². The molecule has 1 amide bonds. The van der Waals surface area contributed by atoms with E-state index in [4.69, 9.17) is 4.74 Å². The summed E-state index contributed by atoms with van der Waals surface area (Å²) in [5, 5.41) is 5.58. The predicted molar refractivity (Wildman–Crippen MR) is 73.6 cm³/mol. The molecule has 2 N–H and O–H groups in total. The maximum Gasteiger partial charge on any atom is 0.238 e. The van der Waals surface area contributed by atoms with Crippen LogP contribution in [0.5, 0.6) is 0 Å². The third-order valence-corrected chi connectivity index (χ3v) is 2.46. The van der Waals surface area contributed by atoms with Crippen molar-refractivity contribution in [2.24, 2.45) is 0 Å². The number of hydrogen-bond donors (Lipinski definition) is 2. The van der Waals surface area contributed by atoms with Crippen LogP contribution in [0, 0.1) is 5.82 Å². The van der Waals surface area contributed by atoms with Gasteiger partial charge in [-0.25, -0.2) is 4.39 Å². The molecule has 0 saturated carbocycles. The normalized spacial score (nSPS) is 10.4. The van der Waals surface area contributed by atoms with Gasteiger partial charge in [-0.15, -0.1) is 0 Å². The zero-order valence-electron chi connectivity index (χ0n) is 11.2. The highest BCUT2D eigenvalue weighted by molar-refractivity contribution is 5.92. The molecular weight excluding hydrogens is 247 g/mol. The van der Waals surface area contributed by atoms with Crippen LogP contribution < -0.4 is 10.6 Å². The van der Waals surface area contributed by atoms with Gasteiger partial charge in [0.2, 0.25) is 5.91 Å². The summed E-state index contributed by atoms with van der Waals surface area (Å²) in [4.78, 5) is 11.5. The van der Waals surface area contributed by atoms with Crippen LogP contribution in [-0.4, -0.2) is 32.2 Å². The van der Waals surface area contributed by atoms with Crippen LogP contribution in [0.2, 0.25) is 0 Å². The van der Waals surface area contributed by atoms with Crippen LogP contribution in [0.25, 0.3) is 0 Å². The molecule has 5 heteroatoms. The Morgan fingerprint density at radius 1 is 1.37 bits per heavy atom. The van der Waals surface area contributed by atoms with Crippen molar-refractivity contribution in [3.05, 3.63) is 30.1 Å². The molecule has 0 aromatic heterocycles. The Kier molecular flexibility index (Phi) is 7.77. The second-order valence-electron chi connectivity index (χ2n) is 4.20. The number of amides is 1. The van der Waals surface area contributed by atoms with E-state index in [-0.39, 0.29) is 18.3 Å². The largest absolute Gasteiger partial charge is 0.380 e. The second-order valence-corrected chi connectivity index (χ2v) is 4.20. The van der Waals surface area contributed by atoms with Gasteiger partial charge >= 0.3 is 0 Å². The van der Waals surface area contributed by atoms with Crippen LogP contribution in [0.4, 0.5) is 10.1 Å². The SMILES string of the molecule is CCCCOCCNCC(=O)Nc1cccc(F)c1. The molecule has 0 aliphatic carbocycles. The van der Waals surface area contributed by atoms with Crippen molar-refractivity contribution in [1.82, 2.24) is 5.32 Å². The molecule has 0 bridgehead atoms. The summed E-state index contributed by atoms with van der Waals surface area (Å²) in [6.07, 6.45) is 2.17. The van der Waals surface area contributed by atoms with E-state index in [9.17, 15) is 9.18 Å². The number of benzene rings is 1. The molecule has 0 aliphatic heterocycles. The summed E-state index contributed by atoms with van der Waals surface area (Å²) in [5.74, 6) is -0.561. The molecule has 1 rings (SSSR count). The van der Waals surface area contributed by atoms with Gasteiger partial charge in [-0.1, -0.05) is 19.4 Å². The molecule has 19 heavy (non-hydrogen) atoms. The highest BCUT2D eigenvalue weighted by Gasteiger charge is 2.02. The van der Waals surface area contributed by atoms with E-state index < -0.39 is 0 Å². The maximum absolute atomic E-state index is 12.9. The first-order valence-corrected chi connectivity index (χ1v) is 6.56. The number of ether oxygens (including phenoxy) is 1. The van der Waals surface area contributed by atoms with Gasteiger partial charge in [0, 0.05) is 18.8 Å². The van der Waals surface area contributed by atoms with E-state index >= 15 is 0 Å². The maximum atomic E-state index is 12.9. The summed E-state index contributed by atoms with van der Waals surface area (Å²) in [7, 11) is 0. The number of carbonyl (C=O) groups is 1. The zero-order chi connectivity index (χ0) is 13.9. The summed E-state index contributed by atoms with van der Waals surface area (Å²) >= 11 is 0. The summed E-state index contributed by atoms with van der Waals surface area (Å²) in [6, 6.07) is 5.82. The van der Waals surface area contributed by atoms with Crippen LogP contribution in [0.3, 0.4) is 0 Å². The topological polar surface area (TPSA) is 50.4 Å². The second kappa shape index (κ2) is 9.47. The average Bonchev–Trinajstić information content (AvgIpc) is 2.37. The Morgan fingerprint density at radius 3 is 2.95 bits per heavy atom. The number of hydrogen-bond acceptors (Lipinski definition) is 3. The first-order chi connectivity index (χ1) is 9.22. The van der Waals surface area contributed by atoms with Gasteiger partial charge in [-0.05, 0) is 24.6 Å². The fraction of sp³-hybridized carbons (Fsp3) is 0.500. The molecule has 106 valence electrons. The van der Waals surface area contributed by atoms with Crippen molar-refractivity contribution >= 4 is 11.6 Å². The molecule has 0 unspecified atom stereocenters. The Hall–Kier alpha value is -1.46. The number of rotatable bonds is 9. The minimum Gasteiger partial charge on any atom is -0.380 e. The molecule has 0 aliphatic rings. The molecule has 4 nitrogen and oxygen atoms in total. The van der Waals surface area contributed by atoms with Crippen molar-refractivity contribution in [1.29, 1.82) is 0 Å². The zero-order valence-corrected chi connectivity index (χ0v) is 11.2. The average molecular weight is 268 g/mol. The lowest BCUT2D eigenvalue weighted by Gasteiger charge is -2.07. The minimum absolute atomic E-state index is 0.188. The van der Waals surface area contributed by atoms with Gasteiger partial charge < -0.3 is 15.4 Å². The monoisotopic (exact) mass is 268 g/mol. The van der Waals surface area contributed by atoms with Gasteiger partial charge in [-0.2, -0.15) is 0 Å². The third-order valence-electron chi connectivity index (χ3n) is 2.46. The molecular formula is C14H21FN2O2. The van der Waals surface area contributed by atoms with Crippen LogP contribution in [0.15, 0.2) is 24.3 Å². The van der Waals surface area contributed by atoms with E-state index in [2.05, 4.69) is 17.6 Å². The van der Waals surface area contributed by atoms with Crippen molar-refractivity contribution in [2.75, 3.05) is 31.6 Å². The first kappa shape index (κ1) is 15.6. The summed E-state index contributed by atoms with van der Waals surface area (Å²) in [6.45, 7) is 4.27. The predicted octanol–water partition coefficient (Wildman–Crippen LogP) is 2.17. The molecule has 1 aromatic rings. The number of carbonyl (C=O) groups excluding carboxylic acids is 1. The van der Waals surface area contributed by atoms with E-state index in [1.165, 1.54) is 12.1 Å². The van der Waals surface area contributed by atoms with Crippen molar-refractivity contribution in [2.45, 2.75) is 19.8 Å². The van der Waals surface area contributed by atoms with Gasteiger partial charge in [-0.3, -0.25) is 4.79 Å². The standard InChI is InChI=1S/C14H21FN2O2/c1-2-3-8-19-9-7-16-11-14(18)17-13-6-4-5-12(15)10-13/h4-6,10,16H,2-3,7-9,11H2,1H3,(H,17,18). The number of unbranched alkanes of at least 4 members (excludes halogenated alkanes) is 1. The molecule has 0 radical (unpaired) electrons. The number of halogens is 1. The van der Waals surface area contributed by atoms with Crippen LogP contribution >= 0.6 is 0 Å². The van der Waals surface area contributed by atoms with Crippen molar-refractivity contribution in [3.63, 3.8) is 0 Å². The van der Waals surface area contributed by atoms with Gasteiger partial charge in [0.1, 0.15) is 5.82 Å². The summed E-state index contributed by atoms with van der Waals surface area (Å²) in [5.41, 5.74) is 0.464. The van der Waals surface area contributed by atoms with Gasteiger partial charge in [0.25, 0.3) is 0 Å². The third kappa shape index (κ3) is 7.54. The molecule has 0 fully saturated rings. The van der Waals surface area contributed by atoms with E-state index in [0.29, 0.717) is 18.8 Å². The van der Waals surface area contributed by atoms with Crippen molar-refractivity contribution in [3.8, 4) is 0 Å². The van der Waals surface area contributed by atoms with Gasteiger partial charge in [0.05, 0.1) is 13.2 Å².